The molecule has 29 heavy (non-hydrogen) atoms. The summed E-state index contributed by atoms with van der Waals surface area (Å²) in [6.07, 6.45) is 7.05. The van der Waals surface area contributed by atoms with E-state index in [4.69, 9.17) is 0 Å². The van der Waals surface area contributed by atoms with Crippen molar-refractivity contribution in [3.8, 4) is 0 Å². The summed E-state index contributed by atoms with van der Waals surface area (Å²) in [5, 5.41) is 10.3. The van der Waals surface area contributed by atoms with Gasteiger partial charge in [0.2, 0.25) is 5.91 Å². The first-order valence-corrected chi connectivity index (χ1v) is 10.4. The van der Waals surface area contributed by atoms with Crippen LogP contribution in [0.15, 0.2) is 48.8 Å². The fourth-order valence-corrected chi connectivity index (χ4v) is 4.07. The van der Waals surface area contributed by atoms with Crippen LogP contribution in [0.1, 0.15) is 37.3 Å². The largest absolute Gasteiger partial charge is 0.378 e. The van der Waals surface area contributed by atoms with Crippen LogP contribution in [0.25, 0.3) is 0 Å². The number of benzene rings is 1. The fraction of sp³-hybridized carbons (Fsp3) is 0.478. The van der Waals surface area contributed by atoms with Gasteiger partial charge in [-0.05, 0) is 80.2 Å². The summed E-state index contributed by atoms with van der Waals surface area (Å²) in [7, 11) is 4.05. The van der Waals surface area contributed by atoms with Crippen LogP contribution in [0, 0.1) is 5.92 Å². The van der Waals surface area contributed by atoms with E-state index >= 15 is 0 Å². The molecule has 1 aromatic heterocycles. The molecular weight excluding hydrogens is 362 g/mol. The third kappa shape index (κ3) is 5.34. The van der Waals surface area contributed by atoms with E-state index in [-0.39, 0.29) is 5.91 Å². The zero-order chi connectivity index (χ0) is 20.7. The van der Waals surface area contributed by atoms with Crippen LogP contribution in [0.5, 0.6) is 0 Å². The smallest absolute Gasteiger partial charge is 0.218 e. The minimum Gasteiger partial charge on any atom is -0.378 e. The molecule has 1 fully saturated rings. The van der Waals surface area contributed by atoms with E-state index in [0.29, 0.717) is 5.92 Å². The highest BCUT2D eigenvalue weighted by Crippen LogP contribution is 2.29. The molecule has 0 bridgehead atoms. The van der Waals surface area contributed by atoms with E-state index in [1.165, 1.54) is 12.8 Å². The van der Waals surface area contributed by atoms with Crippen LogP contribution in [0.4, 0.5) is 5.69 Å². The van der Waals surface area contributed by atoms with Crippen molar-refractivity contribution in [2.24, 2.45) is 5.92 Å². The molecule has 6 nitrogen and oxygen atoms in total. The lowest BCUT2D eigenvalue weighted by atomic mass is 9.89. The van der Waals surface area contributed by atoms with Gasteiger partial charge in [-0.2, -0.15) is 0 Å². The van der Waals surface area contributed by atoms with E-state index < -0.39 is 5.66 Å². The topological polar surface area (TPSA) is 69.3 Å². The van der Waals surface area contributed by atoms with Crippen molar-refractivity contribution in [2.45, 2.75) is 31.8 Å². The molecular formula is C23H33N5O. The third-order valence-electron chi connectivity index (χ3n) is 5.70. The molecule has 0 spiro atoms. The number of pyridine rings is 1. The molecule has 1 aliphatic rings. The number of carbonyl (C=O) groups excluding carboxylic acids is 1. The standard InChI is InChI=1S/C23H33N5O/c1-18(29)27-23(21-11-15-25-16-12-21,20-4-6-22(7-5-20)28(2)3)26-17-10-19-8-13-24-14-9-19/h4-7,11-12,15-16,19,24,26H,8-10,13-14,17H2,1-3H3,(H,27,29). The number of nitrogens with zero attached hydrogens (tertiary/aromatic N) is 2. The maximum atomic E-state index is 12.3. The second-order valence-corrected chi connectivity index (χ2v) is 8.02. The summed E-state index contributed by atoms with van der Waals surface area (Å²) in [6, 6.07) is 12.3. The Hall–Kier alpha value is -2.44. The number of hydrogen-bond acceptors (Lipinski definition) is 5. The lowest BCUT2D eigenvalue weighted by molar-refractivity contribution is -0.120. The highest BCUT2D eigenvalue weighted by molar-refractivity contribution is 5.75. The molecule has 0 aliphatic carbocycles. The van der Waals surface area contributed by atoms with Gasteiger partial charge in [-0.25, -0.2) is 0 Å². The number of hydrogen-bond donors (Lipinski definition) is 3. The van der Waals surface area contributed by atoms with E-state index in [2.05, 4.69) is 50.1 Å². The van der Waals surface area contributed by atoms with Crippen LogP contribution in [0.2, 0.25) is 0 Å². The molecule has 156 valence electrons. The maximum absolute atomic E-state index is 12.3. The molecule has 6 heteroatoms. The van der Waals surface area contributed by atoms with Crippen molar-refractivity contribution < 1.29 is 4.79 Å². The van der Waals surface area contributed by atoms with Gasteiger partial charge in [0, 0.05) is 39.1 Å². The second kappa shape index (κ2) is 9.85. The van der Waals surface area contributed by atoms with Gasteiger partial charge >= 0.3 is 0 Å². The monoisotopic (exact) mass is 395 g/mol. The number of nitrogens with one attached hydrogen (secondary N) is 3. The highest BCUT2D eigenvalue weighted by atomic mass is 16.1. The van der Waals surface area contributed by atoms with E-state index in [1.807, 2.05) is 26.2 Å². The lowest BCUT2D eigenvalue weighted by Gasteiger charge is -2.37. The fourth-order valence-electron chi connectivity index (χ4n) is 4.07. The van der Waals surface area contributed by atoms with Gasteiger partial charge in [0.05, 0.1) is 0 Å². The summed E-state index contributed by atoms with van der Waals surface area (Å²) in [4.78, 5) is 18.5. The molecule has 2 aromatic rings. The molecule has 1 saturated heterocycles. The van der Waals surface area contributed by atoms with Crippen molar-refractivity contribution >= 4 is 11.6 Å². The minimum atomic E-state index is -0.785. The summed E-state index contributed by atoms with van der Waals surface area (Å²) < 4.78 is 0. The Balaban J connectivity index is 1.92. The Morgan fingerprint density at radius 2 is 1.72 bits per heavy atom. The summed E-state index contributed by atoms with van der Waals surface area (Å²) >= 11 is 0. The van der Waals surface area contributed by atoms with Gasteiger partial charge in [0.25, 0.3) is 0 Å². The molecule has 1 aliphatic heterocycles. The first-order valence-electron chi connectivity index (χ1n) is 10.4. The Labute approximate surface area is 174 Å². The average Bonchev–Trinajstić information content (AvgIpc) is 2.74. The van der Waals surface area contributed by atoms with Crippen molar-refractivity contribution in [2.75, 3.05) is 38.6 Å². The molecule has 3 rings (SSSR count). The number of anilines is 1. The van der Waals surface area contributed by atoms with Crippen LogP contribution >= 0.6 is 0 Å². The minimum absolute atomic E-state index is 0.0761. The number of piperidine rings is 1. The molecule has 2 heterocycles. The summed E-state index contributed by atoms with van der Waals surface area (Å²) in [5.41, 5.74) is 2.32. The summed E-state index contributed by atoms with van der Waals surface area (Å²) in [6.45, 7) is 4.58. The van der Waals surface area contributed by atoms with Gasteiger partial charge in [-0.3, -0.25) is 15.1 Å². The Morgan fingerprint density at radius 3 is 2.31 bits per heavy atom. The zero-order valence-corrected chi connectivity index (χ0v) is 17.7. The zero-order valence-electron chi connectivity index (χ0n) is 17.7. The molecule has 1 unspecified atom stereocenters. The van der Waals surface area contributed by atoms with Crippen molar-refractivity contribution in [3.05, 3.63) is 59.9 Å². The van der Waals surface area contributed by atoms with Gasteiger partial charge in [-0.15, -0.1) is 0 Å². The molecule has 0 radical (unpaired) electrons. The Kier molecular flexibility index (Phi) is 7.23. The first-order chi connectivity index (χ1) is 14.0. The molecule has 0 saturated carbocycles. The lowest BCUT2D eigenvalue weighted by Crippen LogP contribution is -2.57. The van der Waals surface area contributed by atoms with Crippen LogP contribution in [-0.2, 0) is 10.5 Å². The maximum Gasteiger partial charge on any atom is 0.218 e. The predicted molar refractivity (Wildman–Crippen MR) is 118 cm³/mol. The van der Waals surface area contributed by atoms with Gasteiger partial charge < -0.3 is 15.5 Å². The van der Waals surface area contributed by atoms with E-state index in [9.17, 15) is 4.79 Å². The summed E-state index contributed by atoms with van der Waals surface area (Å²) in [5.74, 6) is 0.639. The first kappa shape index (κ1) is 21.3. The number of carbonyl (C=O) groups is 1. The van der Waals surface area contributed by atoms with Crippen LogP contribution < -0.4 is 20.9 Å². The van der Waals surface area contributed by atoms with E-state index in [0.717, 1.165) is 42.9 Å². The molecule has 1 aromatic carbocycles. The molecule has 1 amide bonds. The van der Waals surface area contributed by atoms with Crippen molar-refractivity contribution in [1.29, 1.82) is 0 Å². The quantitative estimate of drug-likeness (QED) is 0.599. The van der Waals surface area contributed by atoms with Gasteiger partial charge in [0.1, 0.15) is 5.66 Å². The number of aromatic nitrogens is 1. The predicted octanol–water partition coefficient (Wildman–Crippen LogP) is 2.46. The van der Waals surface area contributed by atoms with Crippen molar-refractivity contribution in [1.82, 2.24) is 20.9 Å². The molecule has 1 atom stereocenters. The SMILES string of the molecule is CC(=O)NC(NCCC1CCNCC1)(c1ccncc1)c1ccc(N(C)C)cc1. The van der Waals surface area contributed by atoms with Gasteiger partial charge in [0.15, 0.2) is 0 Å². The van der Waals surface area contributed by atoms with Crippen molar-refractivity contribution in [3.63, 3.8) is 0 Å². The van der Waals surface area contributed by atoms with Gasteiger partial charge in [-0.1, -0.05) is 12.1 Å². The highest BCUT2D eigenvalue weighted by Gasteiger charge is 2.35. The third-order valence-corrected chi connectivity index (χ3v) is 5.70. The normalized spacial score (nSPS) is 16.8. The average molecular weight is 396 g/mol. The second-order valence-electron chi connectivity index (χ2n) is 8.02. The molecule has 3 N–H and O–H groups in total. The Bertz CT molecular complexity index is 772. The number of amides is 1. The van der Waals surface area contributed by atoms with Crippen LogP contribution in [0.3, 0.4) is 0 Å². The van der Waals surface area contributed by atoms with Crippen LogP contribution in [-0.4, -0.2) is 44.6 Å². The Morgan fingerprint density at radius 1 is 1.10 bits per heavy atom. The number of rotatable bonds is 8. The van der Waals surface area contributed by atoms with E-state index in [1.54, 1.807) is 19.3 Å².